The molecule has 1 heterocycles. The Hall–Kier alpha value is -2.46. The maximum atomic E-state index is 3.50. The van der Waals surface area contributed by atoms with Crippen molar-refractivity contribution >= 4 is 10.9 Å². The topological polar surface area (TPSA) is 15.8 Å². The first kappa shape index (κ1) is 14.5. The first-order valence-corrected chi connectivity index (χ1v) is 7.99. The second-order valence-electron chi connectivity index (χ2n) is 5.56. The third-order valence-electron chi connectivity index (χ3n) is 3.97. The van der Waals surface area contributed by atoms with Gasteiger partial charge in [0.15, 0.2) is 0 Å². The van der Waals surface area contributed by atoms with Crippen molar-refractivity contribution in [1.82, 2.24) is 4.98 Å². The van der Waals surface area contributed by atoms with Crippen molar-refractivity contribution in [1.29, 1.82) is 0 Å². The van der Waals surface area contributed by atoms with E-state index in [2.05, 4.69) is 84.5 Å². The predicted octanol–water partition coefficient (Wildman–Crippen LogP) is 5.49. The Labute approximate surface area is 132 Å². The first-order chi connectivity index (χ1) is 10.9. The molecule has 22 heavy (non-hydrogen) atoms. The van der Waals surface area contributed by atoms with Gasteiger partial charge in [-0.25, -0.2) is 0 Å². The Kier molecular flexibility index (Phi) is 4.61. The van der Waals surface area contributed by atoms with E-state index >= 15 is 0 Å². The molecule has 0 saturated heterocycles. The molecule has 0 fully saturated rings. The molecule has 1 unspecified atom stereocenters. The summed E-state index contributed by atoms with van der Waals surface area (Å²) in [5.41, 5.74) is 3.70. The van der Waals surface area contributed by atoms with Crippen LogP contribution in [0.3, 0.4) is 0 Å². The van der Waals surface area contributed by atoms with Gasteiger partial charge < -0.3 is 4.98 Å². The van der Waals surface area contributed by atoms with Gasteiger partial charge in [0.05, 0.1) is 5.92 Å². The van der Waals surface area contributed by atoms with E-state index in [0.29, 0.717) is 0 Å². The number of rotatable bonds is 4. The second kappa shape index (κ2) is 7.00. The van der Waals surface area contributed by atoms with Gasteiger partial charge in [0.25, 0.3) is 0 Å². The molecular formula is C21H21N. The molecule has 2 aromatic carbocycles. The fourth-order valence-corrected chi connectivity index (χ4v) is 2.76. The molecule has 0 bridgehead atoms. The average molecular weight is 287 g/mol. The monoisotopic (exact) mass is 287 g/mol. The minimum absolute atomic E-state index is 0.134. The molecule has 0 aliphatic heterocycles. The van der Waals surface area contributed by atoms with Crippen LogP contribution in [0.4, 0.5) is 0 Å². The minimum atomic E-state index is 0.134. The van der Waals surface area contributed by atoms with Gasteiger partial charge in [-0.3, -0.25) is 0 Å². The van der Waals surface area contributed by atoms with E-state index in [0.717, 1.165) is 6.42 Å². The van der Waals surface area contributed by atoms with Gasteiger partial charge in [0.2, 0.25) is 0 Å². The third kappa shape index (κ3) is 3.07. The van der Waals surface area contributed by atoms with Crippen LogP contribution in [-0.4, -0.2) is 4.98 Å². The quantitative estimate of drug-likeness (QED) is 0.482. The molecule has 110 valence electrons. The van der Waals surface area contributed by atoms with Crippen LogP contribution in [-0.2, 0) is 0 Å². The molecule has 3 aromatic rings. The molecule has 0 spiro atoms. The van der Waals surface area contributed by atoms with E-state index in [1.165, 1.54) is 34.9 Å². The van der Waals surface area contributed by atoms with E-state index in [4.69, 9.17) is 0 Å². The fourth-order valence-electron chi connectivity index (χ4n) is 2.76. The summed E-state index contributed by atoms with van der Waals surface area (Å²) in [4.78, 5) is 3.37. The summed E-state index contributed by atoms with van der Waals surface area (Å²) in [6, 6.07) is 19.0. The number of nitrogens with one attached hydrogen (secondary N) is 1. The van der Waals surface area contributed by atoms with E-state index in [1.54, 1.807) is 0 Å². The zero-order valence-electron chi connectivity index (χ0n) is 13.0. The van der Waals surface area contributed by atoms with E-state index < -0.39 is 0 Å². The van der Waals surface area contributed by atoms with Gasteiger partial charge in [0.1, 0.15) is 0 Å². The van der Waals surface area contributed by atoms with Crippen molar-refractivity contribution in [2.75, 3.05) is 0 Å². The number of aromatic nitrogens is 1. The summed E-state index contributed by atoms with van der Waals surface area (Å²) >= 11 is 0. The number of hydrogen-bond acceptors (Lipinski definition) is 0. The van der Waals surface area contributed by atoms with Crippen molar-refractivity contribution in [3.05, 3.63) is 71.9 Å². The zero-order valence-corrected chi connectivity index (χ0v) is 13.0. The Morgan fingerprint density at radius 2 is 1.77 bits per heavy atom. The summed E-state index contributed by atoms with van der Waals surface area (Å²) in [7, 11) is 0. The molecule has 1 nitrogen and oxygen atoms in total. The number of fused-ring (bicyclic) bond motifs is 1. The Bertz CT molecular complexity index is 787. The SMILES string of the molecule is CCCCC#CC(c1ccccc1)c1c[nH]c2ccccc12. The third-order valence-corrected chi connectivity index (χ3v) is 3.97. The normalized spacial score (nSPS) is 11.9. The zero-order chi connectivity index (χ0) is 15.2. The van der Waals surface area contributed by atoms with Gasteiger partial charge in [-0.2, -0.15) is 0 Å². The number of unbranched alkanes of at least 4 members (excludes halogenated alkanes) is 2. The average Bonchev–Trinajstić information content (AvgIpc) is 3.00. The van der Waals surface area contributed by atoms with Gasteiger partial charge >= 0.3 is 0 Å². The number of H-pyrrole nitrogens is 1. The first-order valence-electron chi connectivity index (χ1n) is 7.99. The number of hydrogen-bond donors (Lipinski definition) is 1. The molecule has 1 atom stereocenters. The maximum Gasteiger partial charge on any atom is 0.0722 e. The highest BCUT2D eigenvalue weighted by atomic mass is 14.7. The molecule has 1 N–H and O–H groups in total. The molecule has 1 aromatic heterocycles. The smallest absolute Gasteiger partial charge is 0.0722 e. The summed E-state index contributed by atoms with van der Waals surface area (Å²) in [5.74, 6) is 7.00. The molecule has 1 heteroatoms. The van der Waals surface area contributed by atoms with Crippen LogP contribution in [0.5, 0.6) is 0 Å². The Morgan fingerprint density at radius 3 is 2.59 bits per heavy atom. The molecule has 0 radical (unpaired) electrons. The van der Waals surface area contributed by atoms with Gasteiger partial charge in [-0.15, -0.1) is 5.92 Å². The Balaban J connectivity index is 2.02. The van der Waals surface area contributed by atoms with Crippen molar-refractivity contribution in [3.63, 3.8) is 0 Å². The Morgan fingerprint density at radius 1 is 1.00 bits per heavy atom. The summed E-state index contributed by atoms with van der Waals surface area (Å²) in [5, 5.41) is 1.26. The summed E-state index contributed by atoms with van der Waals surface area (Å²) in [6.07, 6.45) is 5.44. The van der Waals surface area contributed by atoms with Crippen LogP contribution in [0.1, 0.15) is 43.2 Å². The number of para-hydroxylation sites is 1. The van der Waals surface area contributed by atoms with Crippen LogP contribution in [0.15, 0.2) is 60.8 Å². The number of benzene rings is 2. The molecule has 0 aliphatic rings. The largest absolute Gasteiger partial charge is 0.361 e. The van der Waals surface area contributed by atoms with Crippen molar-refractivity contribution < 1.29 is 0 Å². The lowest BCUT2D eigenvalue weighted by Gasteiger charge is -2.10. The molecular weight excluding hydrogens is 266 g/mol. The van der Waals surface area contributed by atoms with Crippen molar-refractivity contribution in [2.45, 2.75) is 32.1 Å². The molecule has 0 saturated carbocycles. The molecule has 3 rings (SSSR count). The van der Waals surface area contributed by atoms with Crippen LogP contribution >= 0.6 is 0 Å². The minimum Gasteiger partial charge on any atom is -0.361 e. The second-order valence-corrected chi connectivity index (χ2v) is 5.56. The highest BCUT2D eigenvalue weighted by molar-refractivity contribution is 5.84. The van der Waals surface area contributed by atoms with Crippen LogP contribution < -0.4 is 0 Å². The van der Waals surface area contributed by atoms with Gasteiger partial charge in [-0.05, 0) is 23.6 Å². The van der Waals surface area contributed by atoms with E-state index in [9.17, 15) is 0 Å². The summed E-state index contributed by atoms with van der Waals surface area (Å²) in [6.45, 7) is 2.20. The van der Waals surface area contributed by atoms with Gasteiger partial charge in [0, 0.05) is 23.5 Å². The lowest BCUT2D eigenvalue weighted by molar-refractivity contribution is 0.827. The van der Waals surface area contributed by atoms with Gasteiger partial charge in [-0.1, -0.05) is 67.8 Å². The molecule has 0 amide bonds. The highest BCUT2D eigenvalue weighted by Crippen LogP contribution is 2.30. The van der Waals surface area contributed by atoms with Crippen LogP contribution in [0.25, 0.3) is 10.9 Å². The summed E-state index contributed by atoms with van der Waals surface area (Å²) < 4.78 is 0. The van der Waals surface area contributed by atoms with E-state index in [-0.39, 0.29) is 5.92 Å². The fraction of sp³-hybridized carbons (Fsp3) is 0.238. The standard InChI is InChI=1S/C21H21N/c1-2-3-4-8-13-18(17-11-6-5-7-12-17)20-16-22-21-15-10-9-14-19(20)21/h5-7,9-12,14-16,18,22H,2-4H2,1H3. The maximum absolute atomic E-state index is 3.50. The van der Waals surface area contributed by atoms with Crippen molar-refractivity contribution in [3.8, 4) is 11.8 Å². The van der Waals surface area contributed by atoms with E-state index in [1.807, 2.05) is 0 Å². The highest BCUT2D eigenvalue weighted by Gasteiger charge is 2.15. The van der Waals surface area contributed by atoms with Crippen LogP contribution in [0.2, 0.25) is 0 Å². The predicted molar refractivity (Wildman–Crippen MR) is 93.9 cm³/mol. The molecule has 0 aliphatic carbocycles. The van der Waals surface area contributed by atoms with Crippen molar-refractivity contribution in [2.24, 2.45) is 0 Å². The van der Waals surface area contributed by atoms with Crippen LogP contribution in [0, 0.1) is 11.8 Å². The number of aromatic amines is 1. The lowest BCUT2D eigenvalue weighted by Crippen LogP contribution is -1.97. The lowest BCUT2D eigenvalue weighted by atomic mass is 9.91.